The third-order valence-electron chi connectivity index (χ3n) is 17.4. The van der Waals surface area contributed by atoms with Crippen LogP contribution < -0.4 is 0 Å². The van der Waals surface area contributed by atoms with Crippen LogP contribution in [0.2, 0.25) is 0 Å². The maximum absolute atomic E-state index is 15.9. The Morgan fingerprint density at radius 3 is 1.33 bits per heavy atom. The van der Waals surface area contributed by atoms with Gasteiger partial charge in [0.25, 0.3) is 0 Å². The summed E-state index contributed by atoms with van der Waals surface area (Å²) < 4.78 is 15.4. The van der Waals surface area contributed by atoms with Crippen LogP contribution in [0.3, 0.4) is 0 Å². The van der Waals surface area contributed by atoms with E-state index in [4.69, 9.17) is 10.2 Å². The highest BCUT2D eigenvalue weighted by Crippen LogP contribution is 2.56. The molecule has 13 heteroatoms. The lowest BCUT2D eigenvalue weighted by Crippen LogP contribution is -2.22. The van der Waals surface area contributed by atoms with Crippen molar-refractivity contribution in [1.29, 1.82) is 2.61 Å². The number of carbonyl (C=O) groups is 2. The summed E-state index contributed by atoms with van der Waals surface area (Å²) in [4.78, 5) is 48.8. The second-order valence-corrected chi connectivity index (χ2v) is 32.8. The van der Waals surface area contributed by atoms with Crippen molar-refractivity contribution in [2.75, 3.05) is 0 Å². The molecule has 5 unspecified atom stereocenters. The van der Waals surface area contributed by atoms with Crippen molar-refractivity contribution in [2.24, 2.45) is 23.7 Å². The van der Waals surface area contributed by atoms with Gasteiger partial charge in [-0.2, -0.15) is 0 Å². The molecule has 2 nitrogen and oxygen atoms in total. The molecule has 0 aliphatic heterocycles. The molecule has 8 heterocycles. The maximum Gasteiger partial charge on any atom is 0.197 e. The zero-order valence-electron chi connectivity index (χ0n) is 52.9. The molecular formula is C70H86B2O2PS8. The predicted molar refractivity (Wildman–Crippen MR) is 384 cm³/mol. The van der Waals surface area contributed by atoms with Gasteiger partial charge in [-0.3, -0.25) is 9.59 Å². The Morgan fingerprint density at radius 1 is 0.458 bits per heavy atom. The van der Waals surface area contributed by atoms with Gasteiger partial charge in [-0.25, -0.2) is 8.28 Å². The second kappa shape index (κ2) is 30.4. The normalized spacial score (nSPS) is 14.6. The number of rotatable bonds is 30. The van der Waals surface area contributed by atoms with Crippen molar-refractivity contribution < 1.29 is 9.59 Å². The van der Waals surface area contributed by atoms with Crippen molar-refractivity contribution in [3.05, 3.63) is 112 Å². The first kappa shape index (κ1) is 61.9. The lowest BCUT2D eigenvalue weighted by atomic mass is 9.81. The van der Waals surface area contributed by atoms with Crippen LogP contribution in [0.15, 0.2) is 60.7 Å². The summed E-state index contributed by atoms with van der Waals surface area (Å²) >= 11 is 15.0. The SMILES string of the molecule is CCCCC(CC)Cc1ccc(-c2c3cc(-c4ccc(-c5sc(-c6ccc(C)s6)c6c5C(=O)c5c(CC(CC)CCCC)sc(CC(CC)CCCC)c5C6=O)s4)sc3c(-c3ccc(CC(CC)CCCC)s3)c3cc(C)sc23)s1.[2H]P([B])[B][3H]. The predicted octanol–water partition coefficient (Wildman–Crippen LogP) is 24.8. The molecule has 3 radical (unpaired) electrons. The van der Waals surface area contributed by atoms with Gasteiger partial charge in [0.1, 0.15) is 7.53 Å². The molecule has 9 aromatic rings. The summed E-state index contributed by atoms with van der Waals surface area (Å²) in [7, 11) is 4.40. The van der Waals surface area contributed by atoms with Gasteiger partial charge in [-0.05, 0) is 125 Å². The molecular weight excluding hydrogens is 1180 g/mol. The Bertz CT molecular complexity index is 3560. The number of unbranched alkanes of at least 4 members (excludes halogenated alkanes) is 4. The molecule has 8 aromatic heterocycles. The van der Waals surface area contributed by atoms with E-state index < -0.39 is 8.28 Å². The van der Waals surface area contributed by atoms with Crippen molar-refractivity contribution in [1.82, 2.24) is 0 Å². The molecule has 0 saturated heterocycles. The number of hydrogen-bond acceptors (Lipinski definition) is 10. The number of aryl methyl sites for hydroxylation is 2. The molecule has 0 saturated carbocycles. The summed E-state index contributed by atoms with van der Waals surface area (Å²) in [6.45, 7) is 23.0. The molecule has 0 amide bonds. The van der Waals surface area contributed by atoms with Crippen molar-refractivity contribution in [3.8, 4) is 50.1 Å². The standard InChI is InChI=1S/C70H84O2S8.B2H2P/c1-11-19-23-43(15-5)36-47-28-31-52(75-47)59-49-35-42(10)74-67(49)60(53-32-29-48(76-53)37-44(16-6)24-20-12-2)50-40-56(79-68(50)59)51-33-34-55(77-51)70-64-63(69(80-70)54-30-27-41(9)73-54)65(71)61-57(38-45(17-7)25-21-13-3)78-58(62(61)66(64)72)39-46(18-8)26-22-14-4;1-3-2/h27-35,40,43-46H,11-26,36-39H2,1-10H3;1,3H/i;1T,3D. The van der Waals surface area contributed by atoms with Crippen LogP contribution in [-0.4, -0.2) is 29.3 Å². The number of thiophene rings is 8. The Labute approximate surface area is 536 Å². The highest BCUT2D eigenvalue weighted by molar-refractivity contribution is 7.87. The minimum atomic E-state index is -1.31. The maximum atomic E-state index is 15.9. The lowest BCUT2D eigenvalue weighted by Gasteiger charge is -2.19. The average Bonchev–Trinajstić information content (AvgIpc) is 1.84. The largest absolute Gasteiger partial charge is 0.288 e. The smallest absolute Gasteiger partial charge is 0.197 e. The van der Waals surface area contributed by atoms with Crippen molar-refractivity contribution >= 4 is 146 Å². The number of ketones is 2. The van der Waals surface area contributed by atoms with Crippen molar-refractivity contribution in [3.63, 3.8) is 0 Å². The zero-order valence-corrected chi connectivity index (χ0v) is 58.3. The van der Waals surface area contributed by atoms with Crippen LogP contribution in [0.1, 0.15) is 219 Å². The molecule has 5 atom stereocenters. The molecule has 1 aliphatic carbocycles. The number of hydrogen-bond donors (Lipinski definition) is 0. The van der Waals surface area contributed by atoms with E-state index in [0.717, 1.165) is 106 Å². The summed E-state index contributed by atoms with van der Waals surface area (Å²) in [6, 6.07) is 23.6. The van der Waals surface area contributed by atoms with Crippen LogP contribution >= 0.6 is 99.0 Å². The fraction of sp³-hybridized carbons (Fsp3) is 0.486. The molecule has 0 N–H and O–H groups in total. The Hall–Kier alpha value is -2.76. The highest BCUT2D eigenvalue weighted by Gasteiger charge is 2.42. The van der Waals surface area contributed by atoms with Crippen LogP contribution in [0.4, 0.5) is 0 Å². The average molecular weight is 1270 g/mol. The van der Waals surface area contributed by atoms with Crippen LogP contribution in [0, 0.1) is 37.5 Å². The zero-order chi connectivity index (χ0) is 60.5. The van der Waals surface area contributed by atoms with Gasteiger partial charge < -0.3 is 0 Å². The number of carbonyl (C=O) groups excluding carboxylic acids is 2. The molecule has 10 rings (SSSR count). The third kappa shape index (κ3) is 14.4. The first-order valence-corrected chi connectivity index (χ1v) is 38.8. The van der Waals surface area contributed by atoms with E-state index in [0.29, 0.717) is 34.8 Å². The van der Waals surface area contributed by atoms with Crippen LogP contribution in [0.5, 0.6) is 0 Å². The quantitative estimate of drug-likeness (QED) is 0.0332. The van der Waals surface area contributed by atoms with E-state index >= 15 is 9.59 Å². The molecule has 0 bridgehead atoms. The van der Waals surface area contributed by atoms with Gasteiger partial charge in [0, 0.05) is 102 Å². The fourth-order valence-corrected chi connectivity index (χ4v) is 22.4. The monoisotopic (exact) mass is 1270 g/mol. The summed E-state index contributed by atoms with van der Waals surface area (Å²) in [5.41, 5.74) is 5.54. The highest BCUT2D eigenvalue weighted by atomic mass is 32.1. The summed E-state index contributed by atoms with van der Waals surface area (Å²) in [5.74, 6) is 2.56. The molecule has 437 valence electrons. The van der Waals surface area contributed by atoms with Crippen LogP contribution in [-0.2, 0) is 25.7 Å². The summed E-state index contributed by atoms with van der Waals surface area (Å²) in [5, 5.41) is 2.73. The molecule has 83 heavy (non-hydrogen) atoms. The first-order valence-electron chi connectivity index (χ1n) is 32.2. The minimum Gasteiger partial charge on any atom is -0.288 e. The van der Waals surface area contributed by atoms with Gasteiger partial charge in [-0.15, -0.1) is 90.7 Å². The van der Waals surface area contributed by atoms with Crippen molar-refractivity contribution in [2.45, 2.75) is 198 Å². The van der Waals surface area contributed by atoms with Gasteiger partial charge >= 0.3 is 0 Å². The van der Waals surface area contributed by atoms with E-state index in [1.807, 2.05) is 56.7 Å². The van der Waals surface area contributed by atoms with Gasteiger partial charge in [0.2, 0.25) is 0 Å². The Balaban J connectivity index is 0.00000166. The van der Waals surface area contributed by atoms with E-state index in [2.05, 4.69) is 130 Å². The summed E-state index contributed by atoms with van der Waals surface area (Å²) in [6.07, 6.45) is 23.3. The molecule has 0 spiro atoms. The van der Waals surface area contributed by atoms with Gasteiger partial charge in [0.15, 0.2) is 11.6 Å². The van der Waals surface area contributed by atoms with Crippen LogP contribution in [0.25, 0.3) is 70.3 Å². The lowest BCUT2D eigenvalue weighted by molar-refractivity contribution is 0.0980. The number of benzene rings is 1. The first-order chi connectivity index (χ1) is 41.2. The van der Waals surface area contributed by atoms with Gasteiger partial charge in [0.05, 0.1) is 28.4 Å². The topological polar surface area (TPSA) is 34.1 Å². The second-order valence-electron chi connectivity index (χ2n) is 23.3. The Morgan fingerprint density at radius 2 is 0.880 bits per heavy atom. The van der Waals surface area contributed by atoms with E-state index in [9.17, 15) is 0 Å². The molecule has 1 aromatic carbocycles. The van der Waals surface area contributed by atoms with Gasteiger partial charge in [-0.1, -0.05) is 158 Å². The minimum absolute atomic E-state index is 0.0724. The molecule has 1 aliphatic rings. The Kier molecular flexibility index (Phi) is 22.7. The number of fused-ring (bicyclic) bond motifs is 4. The van der Waals surface area contributed by atoms with E-state index in [-0.39, 0.29) is 11.6 Å². The third-order valence-corrected chi connectivity index (χ3v) is 26.9. The van der Waals surface area contributed by atoms with E-state index in [1.165, 1.54) is 141 Å². The molecule has 0 fully saturated rings. The fourth-order valence-electron chi connectivity index (χ4n) is 12.5. The van der Waals surface area contributed by atoms with E-state index in [1.54, 1.807) is 34.0 Å².